The van der Waals surface area contributed by atoms with E-state index in [1.807, 2.05) is 12.1 Å². The molecule has 7 heteroatoms. The average molecular weight is 338 g/mol. The van der Waals surface area contributed by atoms with E-state index in [1.165, 1.54) is 17.2 Å². The van der Waals surface area contributed by atoms with E-state index in [-0.39, 0.29) is 43.3 Å². The molecule has 1 heterocycles. The number of anilines is 2. The number of para-hydroxylation sites is 1. The van der Waals surface area contributed by atoms with Crippen LogP contribution in [0.25, 0.3) is 0 Å². The molecule has 1 aromatic carbocycles. The second-order valence-corrected chi connectivity index (χ2v) is 5.21. The molecule has 0 aliphatic heterocycles. The Hall–Kier alpha value is -3.40. The Labute approximate surface area is 145 Å². The van der Waals surface area contributed by atoms with Gasteiger partial charge in [0.1, 0.15) is 0 Å². The average Bonchev–Trinajstić information content (AvgIpc) is 2.63. The Bertz CT molecular complexity index is 771. The number of nitrogens with zero attached hydrogens (tertiary/aromatic N) is 3. The number of hydrogen-bond donors (Lipinski definition) is 2. The van der Waals surface area contributed by atoms with Crippen LogP contribution in [0.5, 0.6) is 5.75 Å². The third-order valence-electron chi connectivity index (χ3n) is 3.43. The second kappa shape index (κ2) is 9.03. The fourth-order valence-electron chi connectivity index (χ4n) is 2.21. The molecule has 0 atom stereocenters. The first-order valence-corrected chi connectivity index (χ1v) is 7.78. The Morgan fingerprint density at radius 3 is 2.60 bits per heavy atom. The topological polar surface area (TPSA) is 106 Å². The van der Waals surface area contributed by atoms with Crippen molar-refractivity contribution in [3.8, 4) is 11.8 Å². The summed E-state index contributed by atoms with van der Waals surface area (Å²) < 4.78 is 0. The van der Waals surface area contributed by atoms with E-state index in [2.05, 4.69) is 10.3 Å². The van der Waals surface area contributed by atoms with Crippen molar-refractivity contribution in [1.82, 2.24) is 4.98 Å². The number of benzene rings is 1. The first kappa shape index (κ1) is 17.9. The fraction of sp³-hybridized carbons (Fsp3) is 0.222. The van der Waals surface area contributed by atoms with Gasteiger partial charge in [-0.15, -0.1) is 0 Å². The van der Waals surface area contributed by atoms with Crippen LogP contribution in [0.1, 0.15) is 19.3 Å². The maximum Gasteiger partial charge on any atom is 0.227 e. The van der Waals surface area contributed by atoms with Gasteiger partial charge in [0.2, 0.25) is 11.8 Å². The van der Waals surface area contributed by atoms with E-state index in [0.717, 1.165) is 0 Å². The molecule has 0 bridgehead atoms. The second-order valence-electron chi connectivity index (χ2n) is 5.21. The zero-order valence-electron chi connectivity index (χ0n) is 13.6. The Balaban J connectivity index is 1.95. The molecule has 0 aliphatic rings. The van der Waals surface area contributed by atoms with Crippen molar-refractivity contribution in [2.45, 2.75) is 19.3 Å². The molecule has 0 saturated carbocycles. The van der Waals surface area contributed by atoms with E-state index in [1.54, 1.807) is 30.3 Å². The summed E-state index contributed by atoms with van der Waals surface area (Å²) in [7, 11) is 0. The lowest BCUT2D eigenvalue weighted by Gasteiger charge is -2.21. The van der Waals surface area contributed by atoms with Gasteiger partial charge in [-0.25, -0.2) is 4.98 Å². The molecule has 2 N–H and O–H groups in total. The third kappa shape index (κ3) is 5.32. The highest BCUT2D eigenvalue weighted by Crippen LogP contribution is 2.19. The summed E-state index contributed by atoms with van der Waals surface area (Å²) in [5.74, 6) is -0.746. The Morgan fingerprint density at radius 1 is 1.16 bits per heavy atom. The molecule has 25 heavy (non-hydrogen) atoms. The summed E-state index contributed by atoms with van der Waals surface area (Å²) in [5.41, 5.74) is 0.686. The van der Waals surface area contributed by atoms with Crippen molar-refractivity contribution in [2.75, 3.05) is 16.8 Å². The van der Waals surface area contributed by atoms with Gasteiger partial charge in [0.25, 0.3) is 0 Å². The molecule has 0 spiro atoms. The molecule has 2 rings (SSSR count). The summed E-state index contributed by atoms with van der Waals surface area (Å²) >= 11 is 0. The number of nitrogens with one attached hydrogen (secondary N) is 1. The van der Waals surface area contributed by atoms with E-state index in [4.69, 9.17) is 5.26 Å². The zero-order chi connectivity index (χ0) is 18.1. The normalized spacial score (nSPS) is 9.88. The highest BCUT2D eigenvalue weighted by atomic mass is 16.3. The third-order valence-corrected chi connectivity index (χ3v) is 3.43. The van der Waals surface area contributed by atoms with Crippen LogP contribution in [0.4, 0.5) is 11.5 Å². The van der Waals surface area contributed by atoms with Gasteiger partial charge in [0.15, 0.2) is 11.6 Å². The minimum atomic E-state index is -0.421. The summed E-state index contributed by atoms with van der Waals surface area (Å²) in [5, 5.41) is 20.8. The van der Waals surface area contributed by atoms with Crippen molar-refractivity contribution in [3.05, 3.63) is 48.7 Å². The van der Waals surface area contributed by atoms with Crippen molar-refractivity contribution >= 4 is 23.3 Å². The van der Waals surface area contributed by atoms with Gasteiger partial charge in [-0.05, 0) is 24.3 Å². The number of pyridine rings is 1. The van der Waals surface area contributed by atoms with E-state index >= 15 is 0 Å². The first-order valence-electron chi connectivity index (χ1n) is 7.78. The Kier molecular flexibility index (Phi) is 6.48. The number of hydrogen-bond acceptors (Lipinski definition) is 5. The summed E-state index contributed by atoms with van der Waals surface area (Å²) in [6, 6.07) is 14.0. The van der Waals surface area contributed by atoms with Crippen molar-refractivity contribution in [1.29, 1.82) is 5.26 Å². The monoisotopic (exact) mass is 338 g/mol. The molecule has 1 aromatic heterocycles. The maximum atomic E-state index is 12.4. The fourth-order valence-corrected chi connectivity index (χ4v) is 2.21. The number of nitriles is 1. The van der Waals surface area contributed by atoms with Gasteiger partial charge in [0.05, 0.1) is 12.5 Å². The lowest BCUT2D eigenvalue weighted by molar-refractivity contribution is -0.122. The van der Waals surface area contributed by atoms with E-state index in [9.17, 15) is 14.7 Å². The molecule has 2 amide bonds. The molecule has 0 unspecified atom stereocenters. The van der Waals surface area contributed by atoms with Crippen LogP contribution in [0.2, 0.25) is 0 Å². The lowest BCUT2D eigenvalue weighted by Crippen LogP contribution is -2.32. The van der Waals surface area contributed by atoms with Crippen LogP contribution in [-0.2, 0) is 9.59 Å². The SMILES string of the molecule is N#CCCN(C(=O)CCC(=O)Nc1ncccc1O)c1ccccc1. The van der Waals surface area contributed by atoms with Gasteiger partial charge in [-0.1, -0.05) is 18.2 Å². The summed E-state index contributed by atoms with van der Waals surface area (Å²) in [4.78, 5) is 29.8. The van der Waals surface area contributed by atoms with Crippen LogP contribution in [0.3, 0.4) is 0 Å². The van der Waals surface area contributed by atoms with Gasteiger partial charge < -0.3 is 15.3 Å². The predicted molar refractivity (Wildman–Crippen MR) is 92.8 cm³/mol. The molecule has 0 aliphatic carbocycles. The van der Waals surface area contributed by atoms with Crippen LogP contribution >= 0.6 is 0 Å². The minimum Gasteiger partial charge on any atom is -0.504 e. The molecule has 128 valence electrons. The quantitative estimate of drug-likeness (QED) is 0.806. The van der Waals surface area contributed by atoms with E-state index in [0.29, 0.717) is 5.69 Å². The van der Waals surface area contributed by atoms with Crippen LogP contribution in [0.15, 0.2) is 48.7 Å². The zero-order valence-corrected chi connectivity index (χ0v) is 13.6. The van der Waals surface area contributed by atoms with Crippen molar-refractivity contribution in [3.63, 3.8) is 0 Å². The molecule has 0 fully saturated rings. The standard InChI is InChI=1S/C18H18N4O3/c19-11-5-13-22(14-6-2-1-3-7-14)17(25)10-9-16(24)21-18-15(23)8-4-12-20-18/h1-4,6-8,12,23H,5,9-10,13H2,(H,20,21,24). The molecule has 0 saturated heterocycles. The molecule has 2 aromatic rings. The van der Waals surface area contributed by atoms with Crippen molar-refractivity contribution in [2.24, 2.45) is 0 Å². The Morgan fingerprint density at radius 2 is 1.92 bits per heavy atom. The van der Waals surface area contributed by atoms with Crippen molar-refractivity contribution < 1.29 is 14.7 Å². The maximum absolute atomic E-state index is 12.4. The lowest BCUT2D eigenvalue weighted by atomic mass is 10.2. The first-order chi connectivity index (χ1) is 12.1. The molecular weight excluding hydrogens is 320 g/mol. The minimum absolute atomic E-state index is 0.0141. The van der Waals surface area contributed by atoms with Gasteiger partial charge >= 0.3 is 0 Å². The largest absolute Gasteiger partial charge is 0.504 e. The molecule has 0 radical (unpaired) electrons. The highest BCUT2D eigenvalue weighted by Gasteiger charge is 2.17. The highest BCUT2D eigenvalue weighted by molar-refractivity contribution is 5.98. The smallest absolute Gasteiger partial charge is 0.227 e. The number of rotatable bonds is 7. The number of aromatic hydroxyl groups is 1. The predicted octanol–water partition coefficient (Wildman–Crippen LogP) is 2.45. The molecule has 7 nitrogen and oxygen atoms in total. The van der Waals surface area contributed by atoms with Crippen LogP contribution in [0, 0.1) is 11.3 Å². The summed E-state index contributed by atoms with van der Waals surface area (Å²) in [6.45, 7) is 0.266. The van der Waals surface area contributed by atoms with Gasteiger partial charge in [-0.3, -0.25) is 9.59 Å². The van der Waals surface area contributed by atoms with Crippen LogP contribution in [-0.4, -0.2) is 28.4 Å². The summed E-state index contributed by atoms with van der Waals surface area (Å²) in [6.07, 6.45) is 1.58. The number of aromatic nitrogens is 1. The van der Waals surface area contributed by atoms with Crippen LogP contribution < -0.4 is 10.2 Å². The van der Waals surface area contributed by atoms with E-state index < -0.39 is 5.91 Å². The number of amides is 2. The molecular formula is C18H18N4O3. The number of carbonyl (C=O) groups is 2. The number of carbonyl (C=O) groups excluding carboxylic acids is 2. The van der Waals surface area contributed by atoms with Gasteiger partial charge in [0, 0.05) is 31.3 Å². The van der Waals surface area contributed by atoms with Gasteiger partial charge in [-0.2, -0.15) is 5.26 Å².